The van der Waals surface area contributed by atoms with Crippen LogP contribution >= 0.6 is 22.9 Å². The van der Waals surface area contributed by atoms with E-state index in [-0.39, 0.29) is 0 Å². The molecule has 0 amide bonds. The quantitative estimate of drug-likeness (QED) is 0.661. The van der Waals surface area contributed by atoms with Gasteiger partial charge in [0.15, 0.2) is 0 Å². The number of fused-ring (bicyclic) bond motifs is 1. The van der Waals surface area contributed by atoms with E-state index in [1.54, 1.807) is 0 Å². The number of hydrogen-bond donors (Lipinski definition) is 0. The van der Waals surface area contributed by atoms with Crippen LogP contribution in [0.4, 0.5) is 0 Å². The van der Waals surface area contributed by atoms with Crippen LogP contribution in [-0.4, -0.2) is 4.21 Å². The molecule has 2 aromatic carbocycles. The molecule has 0 bridgehead atoms. The highest BCUT2D eigenvalue weighted by Crippen LogP contribution is 2.24. The third-order valence-corrected chi connectivity index (χ3v) is 5.81. The van der Waals surface area contributed by atoms with Crippen molar-refractivity contribution in [3.63, 3.8) is 0 Å². The first-order valence-corrected chi connectivity index (χ1v) is 8.96. The molecule has 0 saturated heterocycles. The van der Waals surface area contributed by atoms with Crippen molar-refractivity contribution in [2.45, 2.75) is 11.5 Å². The Bertz CT molecular complexity index is 759. The van der Waals surface area contributed by atoms with Crippen LogP contribution < -0.4 is 0 Å². The van der Waals surface area contributed by atoms with Crippen molar-refractivity contribution in [2.24, 2.45) is 0 Å². The third-order valence-electron chi connectivity index (χ3n) is 3.13. The molecular formula is C16H13ClOS2. The predicted molar refractivity (Wildman–Crippen MR) is 88.8 cm³/mol. The minimum atomic E-state index is -0.913. The summed E-state index contributed by atoms with van der Waals surface area (Å²) < 4.78 is 13.1. The van der Waals surface area contributed by atoms with Gasteiger partial charge in [0, 0.05) is 21.4 Å². The van der Waals surface area contributed by atoms with E-state index in [0.29, 0.717) is 11.5 Å². The van der Waals surface area contributed by atoms with Gasteiger partial charge >= 0.3 is 0 Å². The maximum absolute atomic E-state index is 12.3. The summed E-state index contributed by atoms with van der Waals surface area (Å²) in [4.78, 5) is 1.08. The predicted octanol–water partition coefficient (Wildman–Crippen LogP) is 5.00. The monoisotopic (exact) mass is 320 g/mol. The van der Waals surface area contributed by atoms with Gasteiger partial charge in [-0.3, -0.25) is 4.21 Å². The standard InChI is InChI=1S/C16H13ClOS2/c17-16-9-8-14(19-16)11-20(18)10-13-6-3-5-12-4-1-2-7-15(12)13/h1-9H,10-11H2/t20-/m0/s1. The lowest BCUT2D eigenvalue weighted by atomic mass is 10.1. The van der Waals surface area contributed by atoms with Crippen LogP contribution in [0.15, 0.2) is 54.6 Å². The van der Waals surface area contributed by atoms with Crippen molar-refractivity contribution in [3.8, 4) is 0 Å². The molecule has 20 heavy (non-hydrogen) atoms. The Morgan fingerprint density at radius 3 is 2.55 bits per heavy atom. The first-order valence-electron chi connectivity index (χ1n) is 6.28. The minimum absolute atomic E-state index is 0.570. The molecule has 0 spiro atoms. The molecule has 102 valence electrons. The van der Waals surface area contributed by atoms with Gasteiger partial charge in [0.25, 0.3) is 0 Å². The van der Waals surface area contributed by atoms with Crippen molar-refractivity contribution in [1.82, 2.24) is 0 Å². The summed E-state index contributed by atoms with van der Waals surface area (Å²) in [5.41, 5.74) is 1.14. The number of thiophene rings is 1. The first-order chi connectivity index (χ1) is 9.72. The van der Waals surface area contributed by atoms with E-state index >= 15 is 0 Å². The molecule has 0 aliphatic heterocycles. The number of rotatable bonds is 4. The Labute approximate surface area is 129 Å². The average molecular weight is 321 g/mol. The Balaban J connectivity index is 1.81. The molecule has 0 fully saturated rings. The van der Waals surface area contributed by atoms with Crippen molar-refractivity contribution < 1.29 is 4.21 Å². The fourth-order valence-corrected chi connectivity index (χ4v) is 4.86. The summed E-state index contributed by atoms with van der Waals surface area (Å²) in [6.07, 6.45) is 0. The minimum Gasteiger partial charge on any atom is -0.259 e. The van der Waals surface area contributed by atoms with Crippen LogP contribution in [0.25, 0.3) is 10.8 Å². The first kappa shape index (κ1) is 13.8. The van der Waals surface area contributed by atoms with E-state index in [9.17, 15) is 4.21 Å². The summed E-state index contributed by atoms with van der Waals surface area (Å²) >= 11 is 7.40. The van der Waals surface area contributed by atoms with Crippen LogP contribution in [0, 0.1) is 0 Å². The molecule has 1 atom stereocenters. The van der Waals surface area contributed by atoms with Crippen LogP contribution in [0.5, 0.6) is 0 Å². The zero-order chi connectivity index (χ0) is 13.9. The van der Waals surface area contributed by atoms with Gasteiger partial charge in [-0.05, 0) is 28.5 Å². The van der Waals surface area contributed by atoms with Gasteiger partial charge in [-0.25, -0.2) is 0 Å². The summed E-state index contributed by atoms with van der Waals surface area (Å²) in [5.74, 6) is 1.15. The highest BCUT2D eigenvalue weighted by molar-refractivity contribution is 7.83. The van der Waals surface area contributed by atoms with Crippen LogP contribution in [0.1, 0.15) is 10.4 Å². The highest BCUT2D eigenvalue weighted by atomic mass is 35.5. The lowest BCUT2D eigenvalue weighted by molar-refractivity contribution is 0.682. The SMILES string of the molecule is O=[S@](Cc1ccc(Cl)s1)Cc1cccc2ccccc12. The van der Waals surface area contributed by atoms with E-state index in [1.165, 1.54) is 22.1 Å². The van der Waals surface area contributed by atoms with Gasteiger partial charge < -0.3 is 0 Å². The Kier molecular flexibility index (Phi) is 4.20. The highest BCUT2D eigenvalue weighted by Gasteiger charge is 2.08. The molecule has 4 heteroatoms. The summed E-state index contributed by atoms with van der Waals surface area (Å²) in [5, 5.41) is 2.38. The van der Waals surface area contributed by atoms with Crippen molar-refractivity contribution in [2.75, 3.05) is 0 Å². The van der Waals surface area contributed by atoms with Crippen LogP contribution in [0.2, 0.25) is 4.34 Å². The van der Waals surface area contributed by atoms with Gasteiger partial charge in [0.2, 0.25) is 0 Å². The number of benzene rings is 2. The molecule has 0 unspecified atom stereocenters. The molecule has 0 saturated carbocycles. The zero-order valence-electron chi connectivity index (χ0n) is 10.7. The Morgan fingerprint density at radius 1 is 0.950 bits per heavy atom. The zero-order valence-corrected chi connectivity index (χ0v) is 13.1. The molecule has 3 aromatic rings. The lowest BCUT2D eigenvalue weighted by Gasteiger charge is -2.06. The molecule has 1 aromatic heterocycles. The molecular weight excluding hydrogens is 308 g/mol. The second-order valence-electron chi connectivity index (χ2n) is 4.57. The molecule has 0 radical (unpaired) electrons. The molecule has 0 aliphatic carbocycles. The van der Waals surface area contributed by atoms with E-state index < -0.39 is 10.8 Å². The summed E-state index contributed by atoms with van der Waals surface area (Å²) in [7, 11) is -0.913. The topological polar surface area (TPSA) is 17.1 Å². The fraction of sp³-hybridized carbons (Fsp3) is 0.125. The Hall–Kier alpha value is -1.16. The molecule has 0 N–H and O–H groups in total. The fourth-order valence-electron chi connectivity index (χ4n) is 2.23. The van der Waals surface area contributed by atoms with E-state index in [2.05, 4.69) is 24.3 Å². The number of halogens is 1. The van der Waals surface area contributed by atoms with Gasteiger partial charge in [-0.15, -0.1) is 11.3 Å². The second kappa shape index (κ2) is 6.08. The van der Waals surface area contributed by atoms with Gasteiger partial charge in [0.1, 0.15) is 0 Å². The third kappa shape index (κ3) is 3.11. The number of hydrogen-bond acceptors (Lipinski definition) is 2. The van der Waals surface area contributed by atoms with Crippen molar-refractivity contribution in [1.29, 1.82) is 0 Å². The van der Waals surface area contributed by atoms with Crippen LogP contribution in [0.3, 0.4) is 0 Å². The molecule has 0 aliphatic rings. The van der Waals surface area contributed by atoms with E-state index in [4.69, 9.17) is 11.6 Å². The van der Waals surface area contributed by atoms with E-state index in [0.717, 1.165) is 14.8 Å². The van der Waals surface area contributed by atoms with E-state index in [1.807, 2.05) is 30.3 Å². The summed E-state index contributed by atoms with van der Waals surface area (Å²) in [6.45, 7) is 0. The normalized spacial score (nSPS) is 12.7. The smallest absolute Gasteiger partial charge is 0.0931 e. The molecule has 1 nitrogen and oxygen atoms in total. The average Bonchev–Trinajstić information content (AvgIpc) is 2.84. The largest absolute Gasteiger partial charge is 0.259 e. The van der Waals surface area contributed by atoms with Crippen molar-refractivity contribution >= 4 is 44.5 Å². The second-order valence-corrected chi connectivity index (χ2v) is 7.83. The van der Waals surface area contributed by atoms with Gasteiger partial charge in [-0.2, -0.15) is 0 Å². The molecule has 1 heterocycles. The summed E-state index contributed by atoms with van der Waals surface area (Å²) in [6, 6.07) is 18.2. The maximum atomic E-state index is 12.3. The Morgan fingerprint density at radius 2 is 1.75 bits per heavy atom. The lowest BCUT2D eigenvalue weighted by Crippen LogP contribution is -1.98. The van der Waals surface area contributed by atoms with Crippen molar-refractivity contribution in [3.05, 3.63) is 69.4 Å². The molecule has 3 rings (SSSR count). The van der Waals surface area contributed by atoms with Gasteiger partial charge in [0.05, 0.1) is 10.1 Å². The maximum Gasteiger partial charge on any atom is 0.0931 e. The van der Waals surface area contributed by atoms with Gasteiger partial charge in [-0.1, -0.05) is 54.1 Å². The van der Waals surface area contributed by atoms with Crippen LogP contribution in [-0.2, 0) is 22.3 Å².